The molecule has 2 heterocycles. The summed E-state index contributed by atoms with van der Waals surface area (Å²) < 4.78 is 27.7. The van der Waals surface area contributed by atoms with Crippen molar-refractivity contribution in [3.63, 3.8) is 0 Å². The van der Waals surface area contributed by atoms with Gasteiger partial charge >= 0.3 is 5.97 Å². The van der Waals surface area contributed by atoms with Crippen LogP contribution in [0.1, 0.15) is 46.7 Å². The van der Waals surface area contributed by atoms with Crippen LogP contribution in [-0.4, -0.2) is 20.6 Å². The molecule has 6 heteroatoms. The summed E-state index contributed by atoms with van der Waals surface area (Å²) in [4.78, 5) is 15.3. The van der Waals surface area contributed by atoms with Gasteiger partial charge in [-0.3, -0.25) is 4.98 Å². The molecule has 0 spiro atoms. The molecule has 0 saturated carbocycles. The van der Waals surface area contributed by atoms with Gasteiger partial charge in [-0.2, -0.15) is 0 Å². The molecule has 4 nitrogen and oxygen atoms in total. The van der Waals surface area contributed by atoms with Crippen molar-refractivity contribution >= 4 is 16.9 Å². The summed E-state index contributed by atoms with van der Waals surface area (Å²) in [6.45, 7) is 3.59. The number of benzene rings is 1. The summed E-state index contributed by atoms with van der Waals surface area (Å²) in [5, 5.41) is 10.2. The highest BCUT2D eigenvalue weighted by Crippen LogP contribution is 2.32. The van der Waals surface area contributed by atoms with E-state index in [9.17, 15) is 18.7 Å². The highest BCUT2D eigenvalue weighted by molar-refractivity contribution is 6.05. The molecule has 0 saturated heterocycles. The van der Waals surface area contributed by atoms with Gasteiger partial charge in [0, 0.05) is 22.8 Å². The lowest BCUT2D eigenvalue weighted by atomic mass is 10.1. The van der Waals surface area contributed by atoms with Gasteiger partial charge in [-0.05, 0) is 37.6 Å². The van der Waals surface area contributed by atoms with E-state index in [-0.39, 0.29) is 17.3 Å². The molecule has 24 heavy (non-hydrogen) atoms. The molecule has 1 aromatic carbocycles. The number of fused-ring (bicyclic) bond motifs is 1. The standard InChI is InChI=1S/C18H16F2N2O2/c1-10(12-7-8-21-14(9-12)17(19)20)22-11(2)16(18(23)24)13-5-3-4-6-15(13)22/h3-10,17H,1-2H3,(H,23,24). The van der Waals surface area contributed by atoms with Gasteiger partial charge < -0.3 is 9.67 Å². The zero-order chi connectivity index (χ0) is 17.4. The van der Waals surface area contributed by atoms with Gasteiger partial charge in [0.05, 0.1) is 11.6 Å². The van der Waals surface area contributed by atoms with Gasteiger partial charge in [0.2, 0.25) is 0 Å². The Hall–Kier alpha value is -2.76. The van der Waals surface area contributed by atoms with E-state index in [1.165, 1.54) is 12.3 Å². The summed E-state index contributed by atoms with van der Waals surface area (Å²) in [6, 6.07) is 9.93. The molecule has 1 unspecified atom stereocenters. The van der Waals surface area contributed by atoms with Crippen LogP contribution in [0.5, 0.6) is 0 Å². The molecule has 1 atom stereocenters. The number of aromatic nitrogens is 2. The van der Waals surface area contributed by atoms with Gasteiger partial charge in [0.15, 0.2) is 0 Å². The number of nitrogens with zero attached hydrogens (tertiary/aromatic N) is 2. The minimum atomic E-state index is -2.64. The summed E-state index contributed by atoms with van der Waals surface area (Å²) in [5.74, 6) is -1.00. The van der Waals surface area contributed by atoms with E-state index in [1.54, 1.807) is 25.1 Å². The predicted molar refractivity (Wildman–Crippen MR) is 86.6 cm³/mol. The zero-order valence-electron chi connectivity index (χ0n) is 13.2. The molecular weight excluding hydrogens is 314 g/mol. The van der Waals surface area contributed by atoms with E-state index in [0.29, 0.717) is 16.6 Å². The van der Waals surface area contributed by atoms with Gasteiger partial charge in [-0.1, -0.05) is 18.2 Å². The van der Waals surface area contributed by atoms with Gasteiger partial charge in [0.25, 0.3) is 6.43 Å². The molecule has 1 N–H and O–H groups in total. The zero-order valence-corrected chi connectivity index (χ0v) is 13.2. The Labute approximate surface area is 137 Å². The molecule has 2 aromatic heterocycles. The maximum atomic E-state index is 12.9. The fourth-order valence-corrected chi connectivity index (χ4v) is 3.15. The number of alkyl halides is 2. The van der Waals surface area contributed by atoms with E-state index in [4.69, 9.17) is 0 Å². The summed E-state index contributed by atoms with van der Waals surface area (Å²) >= 11 is 0. The highest BCUT2D eigenvalue weighted by Gasteiger charge is 2.23. The quantitative estimate of drug-likeness (QED) is 0.761. The van der Waals surface area contributed by atoms with Gasteiger partial charge in [0.1, 0.15) is 5.69 Å². The van der Waals surface area contributed by atoms with Crippen LogP contribution < -0.4 is 0 Å². The molecule has 0 aliphatic heterocycles. The Morgan fingerprint density at radius 1 is 1.25 bits per heavy atom. The molecule has 3 aromatic rings. The van der Waals surface area contributed by atoms with Crippen LogP contribution in [0.2, 0.25) is 0 Å². The largest absolute Gasteiger partial charge is 0.478 e. The predicted octanol–water partition coefficient (Wildman–Crippen LogP) is 4.59. The second-order valence-electron chi connectivity index (χ2n) is 5.64. The number of aromatic carboxylic acids is 1. The molecule has 0 bridgehead atoms. The molecule has 0 radical (unpaired) electrons. The SMILES string of the molecule is Cc1c(C(=O)O)c2ccccc2n1C(C)c1ccnc(C(F)F)c1. The van der Waals surface area contributed by atoms with Crippen molar-refractivity contribution in [3.8, 4) is 0 Å². The number of carboxylic acid groups (broad SMARTS) is 1. The second kappa shape index (κ2) is 6.03. The van der Waals surface area contributed by atoms with Crippen LogP contribution in [-0.2, 0) is 0 Å². The van der Waals surface area contributed by atoms with E-state index in [2.05, 4.69) is 4.98 Å². The Morgan fingerprint density at radius 2 is 1.96 bits per heavy atom. The average molecular weight is 330 g/mol. The number of pyridine rings is 1. The number of carbonyl (C=O) groups is 1. The Morgan fingerprint density at radius 3 is 2.62 bits per heavy atom. The smallest absolute Gasteiger partial charge is 0.338 e. The lowest BCUT2D eigenvalue weighted by Gasteiger charge is -2.19. The highest BCUT2D eigenvalue weighted by atomic mass is 19.3. The average Bonchev–Trinajstić information content (AvgIpc) is 2.86. The third-order valence-corrected chi connectivity index (χ3v) is 4.27. The van der Waals surface area contributed by atoms with Crippen LogP contribution >= 0.6 is 0 Å². The van der Waals surface area contributed by atoms with Crippen molar-refractivity contribution in [3.05, 3.63) is 65.1 Å². The van der Waals surface area contributed by atoms with Crippen molar-refractivity contribution in [2.45, 2.75) is 26.3 Å². The van der Waals surface area contributed by atoms with Crippen LogP contribution in [0, 0.1) is 6.92 Å². The first-order valence-electron chi connectivity index (χ1n) is 7.48. The number of halogens is 2. The second-order valence-corrected chi connectivity index (χ2v) is 5.64. The van der Waals surface area contributed by atoms with E-state index < -0.39 is 12.4 Å². The Kier molecular flexibility index (Phi) is 4.05. The lowest BCUT2D eigenvalue weighted by molar-refractivity contribution is 0.0698. The maximum absolute atomic E-state index is 12.9. The molecular formula is C18H16F2N2O2. The van der Waals surface area contributed by atoms with E-state index in [0.717, 1.165) is 5.52 Å². The lowest BCUT2D eigenvalue weighted by Crippen LogP contribution is -2.10. The number of hydrogen-bond acceptors (Lipinski definition) is 2. The normalized spacial score (nSPS) is 12.7. The maximum Gasteiger partial charge on any atom is 0.338 e. The first-order chi connectivity index (χ1) is 11.4. The number of hydrogen-bond donors (Lipinski definition) is 1. The fourth-order valence-electron chi connectivity index (χ4n) is 3.15. The van der Waals surface area contributed by atoms with Crippen LogP contribution in [0.25, 0.3) is 10.9 Å². The molecule has 0 aliphatic carbocycles. The molecule has 0 aliphatic rings. The van der Waals surface area contributed by atoms with Crippen LogP contribution in [0.4, 0.5) is 8.78 Å². The molecule has 0 amide bonds. The van der Waals surface area contributed by atoms with Crippen molar-refractivity contribution < 1.29 is 18.7 Å². The Bertz CT molecular complexity index is 919. The molecule has 124 valence electrons. The minimum absolute atomic E-state index is 0.237. The van der Waals surface area contributed by atoms with Crippen molar-refractivity contribution in [2.24, 2.45) is 0 Å². The van der Waals surface area contributed by atoms with Crippen molar-refractivity contribution in [1.82, 2.24) is 9.55 Å². The fraction of sp³-hybridized carbons (Fsp3) is 0.222. The summed E-state index contributed by atoms with van der Waals surface area (Å²) in [5.41, 5.74) is 1.95. The van der Waals surface area contributed by atoms with Crippen LogP contribution in [0.3, 0.4) is 0 Å². The topological polar surface area (TPSA) is 55.1 Å². The number of carboxylic acids is 1. The first-order valence-corrected chi connectivity index (χ1v) is 7.48. The molecule has 3 rings (SSSR count). The number of rotatable bonds is 4. The third-order valence-electron chi connectivity index (χ3n) is 4.27. The van der Waals surface area contributed by atoms with Crippen molar-refractivity contribution in [2.75, 3.05) is 0 Å². The van der Waals surface area contributed by atoms with Gasteiger partial charge in [-0.25, -0.2) is 13.6 Å². The summed E-state index contributed by atoms with van der Waals surface area (Å²) in [6.07, 6.45) is -1.29. The van der Waals surface area contributed by atoms with Crippen molar-refractivity contribution in [1.29, 1.82) is 0 Å². The minimum Gasteiger partial charge on any atom is -0.478 e. The summed E-state index contributed by atoms with van der Waals surface area (Å²) in [7, 11) is 0. The molecule has 0 fully saturated rings. The van der Waals surface area contributed by atoms with E-state index in [1.807, 2.05) is 23.6 Å². The monoisotopic (exact) mass is 330 g/mol. The Balaban J connectivity index is 2.21. The van der Waals surface area contributed by atoms with Gasteiger partial charge in [-0.15, -0.1) is 0 Å². The first kappa shape index (κ1) is 16.1. The van der Waals surface area contributed by atoms with E-state index >= 15 is 0 Å². The number of para-hydroxylation sites is 1. The van der Waals surface area contributed by atoms with Crippen LogP contribution in [0.15, 0.2) is 42.6 Å². The third kappa shape index (κ3) is 2.54.